The Morgan fingerprint density at radius 2 is 1.65 bits per heavy atom. The van der Waals surface area contributed by atoms with Crippen molar-refractivity contribution in [2.45, 2.75) is 32.5 Å². The van der Waals surface area contributed by atoms with Gasteiger partial charge in [0, 0.05) is 12.2 Å². The summed E-state index contributed by atoms with van der Waals surface area (Å²) in [5.74, 6) is -0.304. The van der Waals surface area contributed by atoms with Crippen molar-refractivity contribution >= 4 is 11.6 Å². The Kier molecular flexibility index (Phi) is 6.81. The molecule has 162 valence electrons. The fourth-order valence-electron chi connectivity index (χ4n) is 3.37. The standard InChI is InChI=1S/C25H25F3N2O/c1-17-11-12-22(15-18(17)2)30(24(31)23(29)20-8-4-3-5-9-20)14-13-19-7-6-10-21(16-19)25(26,27)28/h3-12,15-16,23H,13-14,29H2,1-2H3. The van der Waals surface area contributed by atoms with E-state index in [1.165, 1.54) is 6.07 Å². The van der Waals surface area contributed by atoms with Crippen LogP contribution in [-0.2, 0) is 17.4 Å². The van der Waals surface area contributed by atoms with Gasteiger partial charge in [-0.3, -0.25) is 4.79 Å². The number of amides is 1. The van der Waals surface area contributed by atoms with Gasteiger partial charge in [-0.15, -0.1) is 0 Å². The minimum absolute atomic E-state index is 0.211. The Hall–Kier alpha value is -3.12. The number of carbonyl (C=O) groups is 1. The van der Waals surface area contributed by atoms with E-state index in [1.54, 1.807) is 23.1 Å². The predicted octanol–water partition coefficient (Wildman–Crippen LogP) is 5.60. The molecule has 0 fully saturated rings. The molecule has 2 N–H and O–H groups in total. The van der Waals surface area contributed by atoms with Gasteiger partial charge in [0.25, 0.3) is 0 Å². The highest BCUT2D eigenvalue weighted by atomic mass is 19.4. The molecule has 0 aliphatic heterocycles. The fraction of sp³-hybridized carbons (Fsp3) is 0.240. The van der Waals surface area contributed by atoms with Crippen molar-refractivity contribution in [1.82, 2.24) is 0 Å². The first kappa shape index (κ1) is 22.6. The van der Waals surface area contributed by atoms with Crippen LogP contribution in [0, 0.1) is 13.8 Å². The van der Waals surface area contributed by atoms with Crippen molar-refractivity contribution in [2.24, 2.45) is 5.73 Å². The Labute approximate surface area is 180 Å². The largest absolute Gasteiger partial charge is 0.416 e. The van der Waals surface area contributed by atoms with Gasteiger partial charge in [0.15, 0.2) is 0 Å². The van der Waals surface area contributed by atoms with Gasteiger partial charge in [-0.25, -0.2) is 0 Å². The molecule has 1 unspecified atom stereocenters. The molecule has 0 bridgehead atoms. The second kappa shape index (κ2) is 9.35. The lowest BCUT2D eigenvalue weighted by Gasteiger charge is -2.27. The normalized spacial score (nSPS) is 12.5. The minimum Gasteiger partial charge on any atom is -0.316 e. The van der Waals surface area contributed by atoms with Gasteiger partial charge in [0.05, 0.1) is 5.56 Å². The summed E-state index contributed by atoms with van der Waals surface area (Å²) in [7, 11) is 0. The lowest BCUT2D eigenvalue weighted by Crippen LogP contribution is -2.40. The Morgan fingerprint density at radius 3 is 2.29 bits per heavy atom. The highest BCUT2D eigenvalue weighted by Crippen LogP contribution is 2.30. The second-order valence-corrected chi connectivity index (χ2v) is 7.59. The van der Waals surface area contributed by atoms with Crippen molar-refractivity contribution in [2.75, 3.05) is 11.4 Å². The number of alkyl halides is 3. The summed E-state index contributed by atoms with van der Waals surface area (Å²) in [5.41, 5.74) is 9.51. The summed E-state index contributed by atoms with van der Waals surface area (Å²) in [5, 5.41) is 0. The number of hydrogen-bond acceptors (Lipinski definition) is 2. The average Bonchev–Trinajstić information content (AvgIpc) is 2.76. The summed E-state index contributed by atoms with van der Waals surface area (Å²) in [6.45, 7) is 4.14. The van der Waals surface area contributed by atoms with E-state index in [0.717, 1.165) is 23.3 Å². The second-order valence-electron chi connectivity index (χ2n) is 7.59. The zero-order chi connectivity index (χ0) is 22.6. The van der Waals surface area contributed by atoms with Crippen LogP contribution in [0.3, 0.4) is 0 Å². The number of rotatable bonds is 6. The van der Waals surface area contributed by atoms with Gasteiger partial charge in [0.1, 0.15) is 6.04 Å². The lowest BCUT2D eigenvalue weighted by molar-refractivity contribution is -0.137. The highest BCUT2D eigenvalue weighted by Gasteiger charge is 2.30. The Balaban J connectivity index is 1.89. The lowest BCUT2D eigenvalue weighted by atomic mass is 10.0. The third kappa shape index (κ3) is 5.52. The van der Waals surface area contributed by atoms with Crippen molar-refractivity contribution in [1.29, 1.82) is 0 Å². The predicted molar refractivity (Wildman–Crippen MR) is 117 cm³/mol. The van der Waals surface area contributed by atoms with Gasteiger partial charge in [-0.05, 0) is 60.7 Å². The van der Waals surface area contributed by atoms with E-state index in [0.29, 0.717) is 16.8 Å². The highest BCUT2D eigenvalue weighted by molar-refractivity contribution is 5.97. The number of anilines is 1. The molecule has 3 rings (SSSR count). The zero-order valence-corrected chi connectivity index (χ0v) is 17.5. The first-order valence-corrected chi connectivity index (χ1v) is 10.0. The number of aryl methyl sites for hydroxylation is 2. The van der Waals surface area contributed by atoms with Gasteiger partial charge >= 0.3 is 6.18 Å². The summed E-state index contributed by atoms with van der Waals surface area (Å²) < 4.78 is 39.2. The van der Waals surface area contributed by atoms with Crippen molar-refractivity contribution < 1.29 is 18.0 Å². The summed E-state index contributed by atoms with van der Waals surface area (Å²) in [6, 6.07) is 19.0. The number of nitrogens with two attached hydrogens (primary N) is 1. The summed E-state index contributed by atoms with van der Waals surface area (Å²) in [4.78, 5) is 14.9. The molecule has 0 heterocycles. The maximum absolute atomic E-state index is 13.3. The summed E-state index contributed by atoms with van der Waals surface area (Å²) in [6.07, 6.45) is -4.14. The number of nitrogens with zero attached hydrogens (tertiary/aromatic N) is 1. The van der Waals surface area contributed by atoms with Gasteiger partial charge < -0.3 is 10.6 Å². The molecule has 6 heteroatoms. The van der Waals surface area contributed by atoms with Gasteiger partial charge in [0.2, 0.25) is 5.91 Å². The number of carbonyl (C=O) groups excluding carboxylic acids is 1. The van der Waals surface area contributed by atoms with E-state index >= 15 is 0 Å². The molecule has 0 radical (unpaired) electrons. The van der Waals surface area contributed by atoms with Crippen LogP contribution in [0.4, 0.5) is 18.9 Å². The SMILES string of the molecule is Cc1ccc(N(CCc2cccc(C(F)(F)F)c2)C(=O)C(N)c2ccccc2)cc1C. The number of halogens is 3. The van der Waals surface area contributed by atoms with Crippen LogP contribution in [0.2, 0.25) is 0 Å². The van der Waals surface area contributed by atoms with Gasteiger partial charge in [-0.2, -0.15) is 13.2 Å². The van der Waals surface area contributed by atoms with E-state index in [-0.39, 0.29) is 18.9 Å². The zero-order valence-electron chi connectivity index (χ0n) is 17.5. The Bertz CT molecular complexity index is 1050. The third-order valence-corrected chi connectivity index (χ3v) is 5.37. The van der Waals surface area contributed by atoms with Crippen LogP contribution < -0.4 is 10.6 Å². The molecule has 0 aliphatic rings. The third-order valence-electron chi connectivity index (χ3n) is 5.37. The van der Waals surface area contributed by atoms with Crippen LogP contribution >= 0.6 is 0 Å². The molecule has 3 nitrogen and oxygen atoms in total. The first-order chi connectivity index (χ1) is 14.7. The summed E-state index contributed by atoms with van der Waals surface area (Å²) >= 11 is 0. The maximum atomic E-state index is 13.3. The molecule has 0 aromatic heterocycles. The molecular formula is C25H25F3N2O. The Morgan fingerprint density at radius 1 is 0.935 bits per heavy atom. The van der Waals surface area contributed by atoms with Crippen LogP contribution in [0.1, 0.15) is 33.9 Å². The maximum Gasteiger partial charge on any atom is 0.416 e. The topological polar surface area (TPSA) is 46.3 Å². The molecular weight excluding hydrogens is 401 g/mol. The quantitative estimate of drug-likeness (QED) is 0.558. The molecule has 0 saturated heterocycles. The molecule has 0 aliphatic carbocycles. The monoisotopic (exact) mass is 426 g/mol. The molecule has 3 aromatic rings. The van der Waals surface area contributed by atoms with Crippen LogP contribution in [0.25, 0.3) is 0 Å². The van der Waals surface area contributed by atoms with E-state index < -0.39 is 17.8 Å². The molecule has 31 heavy (non-hydrogen) atoms. The molecule has 3 aromatic carbocycles. The van der Waals surface area contributed by atoms with Crippen molar-refractivity contribution in [3.05, 3.63) is 101 Å². The average molecular weight is 426 g/mol. The first-order valence-electron chi connectivity index (χ1n) is 10.0. The fourth-order valence-corrected chi connectivity index (χ4v) is 3.37. The molecule has 0 saturated carbocycles. The van der Waals surface area contributed by atoms with E-state index in [4.69, 9.17) is 5.73 Å². The molecule has 0 spiro atoms. The van der Waals surface area contributed by atoms with Crippen LogP contribution in [0.5, 0.6) is 0 Å². The van der Waals surface area contributed by atoms with E-state index in [9.17, 15) is 18.0 Å². The van der Waals surface area contributed by atoms with Gasteiger partial charge in [-0.1, -0.05) is 54.6 Å². The van der Waals surface area contributed by atoms with Crippen molar-refractivity contribution in [3.8, 4) is 0 Å². The molecule has 1 atom stereocenters. The number of hydrogen-bond donors (Lipinski definition) is 1. The smallest absolute Gasteiger partial charge is 0.316 e. The van der Waals surface area contributed by atoms with E-state index in [2.05, 4.69) is 0 Å². The van der Waals surface area contributed by atoms with E-state index in [1.807, 2.05) is 50.2 Å². The van der Waals surface area contributed by atoms with Crippen LogP contribution in [-0.4, -0.2) is 12.5 Å². The van der Waals surface area contributed by atoms with Crippen molar-refractivity contribution in [3.63, 3.8) is 0 Å². The number of benzene rings is 3. The molecule has 1 amide bonds. The minimum atomic E-state index is -4.41. The van der Waals surface area contributed by atoms with Crippen LogP contribution in [0.15, 0.2) is 72.8 Å².